The second-order valence-electron chi connectivity index (χ2n) is 5.56. The van der Waals surface area contributed by atoms with Crippen LogP contribution in [0, 0.1) is 5.92 Å². The van der Waals surface area contributed by atoms with Gasteiger partial charge < -0.3 is 4.74 Å². The van der Waals surface area contributed by atoms with Gasteiger partial charge in [-0.25, -0.2) is 5.43 Å². The summed E-state index contributed by atoms with van der Waals surface area (Å²) < 4.78 is 5.53. The Morgan fingerprint density at radius 3 is 2.74 bits per heavy atom. The first-order valence-corrected chi connectivity index (χ1v) is 7.89. The minimum absolute atomic E-state index is 0.0241. The van der Waals surface area contributed by atoms with Crippen LogP contribution in [0.5, 0.6) is 5.75 Å². The summed E-state index contributed by atoms with van der Waals surface area (Å²) in [6.45, 7) is 2.53. The molecule has 23 heavy (non-hydrogen) atoms. The summed E-state index contributed by atoms with van der Waals surface area (Å²) in [5.41, 5.74) is 4.71. The number of amides is 1. The summed E-state index contributed by atoms with van der Waals surface area (Å²) in [7, 11) is 0. The summed E-state index contributed by atoms with van der Waals surface area (Å²) >= 11 is 0. The molecule has 2 unspecified atom stereocenters. The van der Waals surface area contributed by atoms with Gasteiger partial charge in [-0.3, -0.25) is 4.79 Å². The first-order valence-electron chi connectivity index (χ1n) is 7.89. The van der Waals surface area contributed by atoms with Crippen LogP contribution in [-0.4, -0.2) is 18.7 Å². The molecule has 1 aliphatic carbocycles. The molecule has 0 bridgehead atoms. The smallest absolute Gasteiger partial charge is 0.243 e. The van der Waals surface area contributed by atoms with Gasteiger partial charge in [-0.1, -0.05) is 42.5 Å². The van der Waals surface area contributed by atoms with Crippen molar-refractivity contribution in [2.45, 2.75) is 19.3 Å². The number of rotatable bonds is 6. The average Bonchev–Trinajstić information content (AvgIpc) is 3.38. The summed E-state index contributed by atoms with van der Waals surface area (Å²) in [6, 6.07) is 17.8. The molecule has 1 N–H and O–H groups in total. The number of carbonyl (C=O) groups excluding carboxylic acids is 1. The van der Waals surface area contributed by atoms with Crippen LogP contribution >= 0.6 is 0 Å². The van der Waals surface area contributed by atoms with Gasteiger partial charge in [-0.05, 0) is 37.0 Å². The molecular formula is C19H20N2O2. The molecule has 118 valence electrons. The average molecular weight is 308 g/mol. The zero-order valence-electron chi connectivity index (χ0n) is 13.1. The fourth-order valence-corrected chi connectivity index (χ4v) is 2.68. The first-order chi connectivity index (χ1) is 11.3. The minimum Gasteiger partial charge on any atom is -0.493 e. The molecule has 2 atom stereocenters. The van der Waals surface area contributed by atoms with Crippen molar-refractivity contribution < 1.29 is 9.53 Å². The standard InChI is InChI=1S/C19H20N2O2/c1-2-23-18-11-7-6-10-15(18)13-20-21-19(22)17-12-16(17)14-8-4-3-5-9-14/h3-11,13,16-17H,2,12H2,1H3,(H,21,22)/b20-13+. The molecule has 0 radical (unpaired) electrons. The maximum absolute atomic E-state index is 12.1. The maximum Gasteiger partial charge on any atom is 0.243 e. The van der Waals surface area contributed by atoms with E-state index in [1.54, 1.807) is 6.21 Å². The van der Waals surface area contributed by atoms with Crippen molar-refractivity contribution in [3.63, 3.8) is 0 Å². The van der Waals surface area contributed by atoms with E-state index in [0.717, 1.165) is 17.7 Å². The Bertz CT molecular complexity index is 698. The fraction of sp³-hybridized carbons (Fsp3) is 0.263. The van der Waals surface area contributed by atoms with E-state index in [9.17, 15) is 4.79 Å². The molecule has 0 saturated heterocycles. The third-order valence-electron chi connectivity index (χ3n) is 3.95. The lowest BCUT2D eigenvalue weighted by Gasteiger charge is -2.05. The van der Waals surface area contributed by atoms with Gasteiger partial charge in [0.05, 0.1) is 12.8 Å². The van der Waals surface area contributed by atoms with Crippen molar-refractivity contribution in [3.05, 3.63) is 65.7 Å². The Balaban J connectivity index is 1.56. The van der Waals surface area contributed by atoms with Crippen molar-refractivity contribution in [3.8, 4) is 5.75 Å². The number of benzene rings is 2. The molecule has 0 aliphatic heterocycles. The van der Waals surface area contributed by atoms with Gasteiger partial charge in [-0.15, -0.1) is 0 Å². The van der Waals surface area contributed by atoms with E-state index < -0.39 is 0 Å². The van der Waals surface area contributed by atoms with E-state index in [1.807, 2.05) is 49.4 Å². The van der Waals surface area contributed by atoms with Crippen molar-refractivity contribution in [1.29, 1.82) is 0 Å². The molecule has 0 heterocycles. The van der Waals surface area contributed by atoms with E-state index in [-0.39, 0.29) is 11.8 Å². The van der Waals surface area contributed by atoms with Gasteiger partial charge in [0.15, 0.2) is 0 Å². The van der Waals surface area contributed by atoms with Crippen LogP contribution in [0.1, 0.15) is 30.4 Å². The fourth-order valence-electron chi connectivity index (χ4n) is 2.68. The minimum atomic E-state index is -0.0241. The Kier molecular flexibility index (Phi) is 4.71. The highest BCUT2D eigenvalue weighted by atomic mass is 16.5. The van der Waals surface area contributed by atoms with Crippen molar-refractivity contribution in [2.75, 3.05) is 6.61 Å². The van der Waals surface area contributed by atoms with Gasteiger partial charge in [-0.2, -0.15) is 5.10 Å². The lowest BCUT2D eigenvalue weighted by molar-refractivity contribution is -0.122. The second-order valence-corrected chi connectivity index (χ2v) is 5.56. The number of hydrogen-bond donors (Lipinski definition) is 1. The molecule has 1 saturated carbocycles. The van der Waals surface area contributed by atoms with Crippen LogP contribution in [-0.2, 0) is 4.79 Å². The maximum atomic E-state index is 12.1. The molecule has 0 spiro atoms. The van der Waals surface area contributed by atoms with Gasteiger partial charge in [0.25, 0.3) is 0 Å². The highest BCUT2D eigenvalue weighted by molar-refractivity contribution is 5.87. The molecular weight excluding hydrogens is 288 g/mol. The molecule has 4 heteroatoms. The lowest BCUT2D eigenvalue weighted by atomic mass is 10.1. The zero-order valence-corrected chi connectivity index (χ0v) is 13.1. The Morgan fingerprint density at radius 1 is 1.22 bits per heavy atom. The lowest BCUT2D eigenvalue weighted by Crippen LogP contribution is -2.20. The van der Waals surface area contributed by atoms with Gasteiger partial charge in [0.1, 0.15) is 5.75 Å². The summed E-state index contributed by atoms with van der Waals surface area (Å²) in [5, 5.41) is 4.07. The third kappa shape index (κ3) is 3.77. The number of nitrogens with one attached hydrogen (secondary N) is 1. The van der Waals surface area contributed by atoms with Crippen LogP contribution in [0.4, 0.5) is 0 Å². The Labute approximate surface area is 136 Å². The molecule has 3 rings (SSSR count). The SMILES string of the molecule is CCOc1ccccc1/C=N/NC(=O)C1CC1c1ccccc1. The molecule has 4 nitrogen and oxygen atoms in total. The monoisotopic (exact) mass is 308 g/mol. The number of para-hydroxylation sites is 1. The van der Waals surface area contributed by atoms with E-state index in [0.29, 0.717) is 12.5 Å². The van der Waals surface area contributed by atoms with Crippen molar-refractivity contribution in [2.24, 2.45) is 11.0 Å². The summed E-state index contributed by atoms with van der Waals surface area (Å²) in [6.07, 6.45) is 2.52. The second kappa shape index (κ2) is 7.09. The van der Waals surface area contributed by atoms with E-state index in [1.165, 1.54) is 5.56 Å². The van der Waals surface area contributed by atoms with E-state index >= 15 is 0 Å². The molecule has 2 aromatic carbocycles. The predicted octanol–water partition coefficient (Wildman–Crippen LogP) is 3.34. The van der Waals surface area contributed by atoms with Crippen molar-refractivity contribution in [1.82, 2.24) is 5.43 Å². The van der Waals surface area contributed by atoms with Gasteiger partial charge in [0, 0.05) is 11.5 Å². The third-order valence-corrected chi connectivity index (χ3v) is 3.95. The molecule has 1 amide bonds. The van der Waals surface area contributed by atoms with Crippen LogP contribution < -0.4 is 10.2 Å². The highest BCUT2D eigenvalue weighted by Crippen LogP contribution is 2.47. The number of hydrazone groups is 1. The molecule has 1 fully saturated rings. The first kappa shape index (κ1) is 15.3. The summed E-state index contributed by atoms with van der Waals surface area (Å²) in [4.78, 5) is 12.1. The Hall–Kier alpha value is -2.62. The number of nitrogens with zero attached hydrogens (tertiary/aromatic N) is 1. The van der Waals surface area contributed by atoms with Crippen LogP contribution in [0.15, 0.2) is 59.7 Å². The Morgan fingerprint density at radius 2 is 1.96 bits per heavy atom. The van der Waals surface area contributed by atoms with E-state index in [4.69, 9.17) is 4.74 Å². The largest absolute Gasteiger partial charge is 0.493 e. The van der Waals surface area contributed by atoms with Crippen LogP contribution in [0.25, 0.3) is 0 Å². The normalized spacial score (nSPS) is 19.5. The molecule has 2 aromatic rings. The van der Waals surface area contributed by atoms with Gasteiger partial charge in [0.2, 0.25) is 5.91 Å². The van der Waals surface area contributed by atoms with Crippen LogP contribution in [0.3, 0.4) is 0 Å². The van der Waals surface area contributed by atoms with E-state index in [2.05, 4.69) is 22.7 Å². The number of ether oxygens (including phenoxy) is 1. The van der Waals surface area contributed by atoms with Gasteiger partial charge >= 0.3 is 0 Å². The number of hydrogen-bond acceptors (Lipinski definition) is 3. The predicted molar refractivity (Wildman–Crippen MR) is 90.6 cm³/mol. The highest BCUT2D eigenvalue weighted by Gasteiger charge is 2.43. The number of carbonyl (C=O) groups is 1. The zero-order chi connectivity index (χ0) is 16.1. The van der Waals surface area contributed by atoms with Crippen LogP contribution in [0.2, 0.25) is 0 Å². The van der Waals surface area contributed by atoms with Crippen molar-refractivity contribution >= 4 is 12.1 Å². The molecule has 1 aliphatic rings. The topological polar surface area (TPSA) is 50.7 Å². The molecule has 0 aromatic heterocycles. The summed E-state index contributed by atoms with van der Waals surface area (Å²) in [5.74, 6) is 1.09. The quantitative estimate of drug-likeness (QED) is 0.657.